The molecule has 23 heavy (non-hydrogen) atoms. The van der Waals surface area contributed by atoms with E-state index in [1.165, 1.54) is 6.42 Å². The van der Waals surface area contributed by atoms with Gasteiger partial charge in [0.25, 0.3) is 0 Å². The maximum atomic E-state index is 13.2. The van der Waals surface area contributed by atoms with Crippen LogP contribution in [0.25, 0.3) is 0 Å². The summed E-state index contributed by atoms with van der Waals surface area (Å²) >= 11 is 0. The molecule has 0 radical (unpaired) electrons. The Hall–Kier alpha value is -1.10. The van der Waals surface area contributed by atoms with Crippen molar-refractivity contribution < 1.29 is 14.3 Å². The van der Waals surface area contributed by atoms with Gasteiger partial charge >= 0.3 is 0 Å². The van der Waals surface area contributed by atoms with Crippen molar-refractivity contribution in [2.45, 2.75) is 76.9 Å². The lowest BCUT2D eigenvalue weighted by Crippen LogP contribution is -2.58. The summed E-state index contributed by atoms with van der Waals surface area (Å²) in [5.41, 5.74) is -0.785. The van der Waals surface area contributed by atoms with E-state index < -0.39 is 5.41 Å². The van der Waals surface area contributed by atoms with Crippen LogP contribution in [-0.2, 0) is 14.3 Å². The molecule has 2 saturated carbocycles. The molecule has 0 aromatic carbocycles. The Morgan fingerprint density at radius 1 is 1.17 bits per heavy atom. The zero-order chi connectivity index (χ0) is 16.3. The lowest BCUT2D eigenvalue weighted by molar-refractivity contribution is -0.159. The van der Waals surface area contributed by atoms with Crippen molar-refractivity contribution in [3.05, 3.63) is 0 Å². The van der Waals surface area contributed by atoms with E-state index in [2.05, 4.69) is 12.2 Å². The van der Waals surface area contributed by atoms with Crippen LogP contribution in [0.1, 0.15) is 64.7 Å². The van der Waals surface area contributed by atoms with Crippen molar-refractivity contribution in [3.8, 4) is 0 Å². The van der Waals surface area contributed by atoms with Crippen LogP contribution in [0.3, 0.4) is 0 Å². The molecule has 2 aliphatic carbocycles. The summed E-state index contributed by atoms with van der Waals surface area (Å²) in [4.78, 5) is 27.7. The first-order chi connectivity index (χ1) is 11.2. The largest absolute Gasteiger partial charge is 0.376 e. The van der Waals surface area contributed by atoms with Crippen LogP contribution in [0.4, 0.5) is 0 Å². The zero-order valence-corrected chi connectivity index (χ0v) is 14.3. The van der Waals surface area contributed by atoms with Gasteiger partial charge in [0.05, 0.1) is 6.10 Å². The molecule has 2 amide bonds. The minimum Gasteiger partial charge on any atom is -0.376 e. The van der Waals surface area contributed by atoms with Crippen LogP contribution < -0.4 is 5.32 Å². The summed E-state index contributed by atoms with van der Waals surface area (Å²) in [6, 6.07) is 0.314. The van der Waals surface area contributed by atoms with Crippen LogP contribution in [0, 0.1) is 5.41 Å². The number of carbonyl (C=O) groups excluding carboxylic acids is 2. The molecular formula is C18H30N2O3. The van der Waals surface area contributed by atoms with Crippen molar-refractivity contribution in [1.29, 1.82) is 0 Å². The number of nitrogens with zero attached hydrogens (tertiary/aromatic N) is 1. The Morgan fingerprint density at radius 3 is 2.48 bits per heavy atom. The lowest BCUT2D eigenvalue weighted by Gasteiger charge is -2.43. The first kappa shape index (κ1) is 16.7. The second kappa shape index (κ2) is 7.20. The fraction of sp³-hybridized carbons (Fsp3) is 0.889. The van der Waals surface area contributed by atoms with Crippen LogP contribution in [0.5, 0.6) is 0 Å². The van der Waals surface area contributed by atoms with E-state index in [9.17, 15) is 9.59 Å². The van der Waals surface area contributed by atoms with Gasteiger partial charge in [0, 0.05) is 25.7 Å². The molecule has 0 aromatic heterocycles. The topological polar surface area (TPSA) is 58.6 Å². The second-order valence-electron chi connectivity index (χ2n) is 7.42. The first-order valence-corrected chi connectivity index (χ1v) is 9.37. The molecule has 3 fully saturated rings. The summed E-state index contributed by atoms with van der Waals surface area (Å²) in [7, 11) is 0. The molecule has 1 saturated heterocycles. The SMILES string of the molecule is CCCN(CC1CCCCO1)C(=O)C1(C(=O)NC2CC2)CCC1. The van der Waals surface area contributed by atoms with Gasteiger partial charge in [0.1, 0.15) is 5.41 Å². The highest BCUT2D eigenvalue weighted by molar-refractivity contribution is 6.06. The average molecular weight is 322 g/mol. The van der Waals surface area contributed by atoms with E-state index in [1.54, 1.807) is 0 Å². The summed E-state index contributed by atoms with van der Waals surface area (Å²) in [6.45, 7) is 4.24. The molecule has 1 unspecified atom stereocenters. The zero-order valence-electron chi connectivity index (χ0n) is 14.3. The smallest absolute Gasteiger partial charge is 0.238 e. The third-order valence-corrected chi connectivity index (χ3v) is 5.44. The molecule has 5 heteroatoms. The van der Waals surface area contributed by atoms with E-state index in [-0.39, 0.29) is 17.9 Å². The monoisotopic (exact) mass is 322 g/mol. The Balaban J connectivity index is 1.66. The van der Waals surface area contributed by atoms with Gasteiger partial charge in [-0.3, -0.25) is 9.59 Å². The van der Waals surface area contributed by atoms with Crippen molar-refractivity contribution in [2.24, 2.45) is 5.41 Å². The Morgan fingerprint density at radius 2 is 1.96 bits per heavy atom. The fourth-order valence-electron chi connectivity index (χ4n) is 3.67. The van der Waals surface area contributed by atoms with E-state index in [0.717, 1.165) is 51.7 Å². The Bertz CT molecular complexity index is 438. The highest BCUT2D eigenvalue weighted by Crippen LogP contribution is 2.43. The molecule has 1 heterocycles. The number of amides is 2. The highest BCUT2D eigenvalue weighted by atomic mass is 16.5. The lowest BCUT2D eigenvalue weighted by atomic mass is 9.67. The van der Waals surface area contributed by atoms with Crippen LogP contribution in [0.2, 0.25) is 0 Å². The maximum absolute atomic E-state index is 13.2. The molecule has 3 rings (SSSR count). The van der Waals surface area contributed by atoms with E-state index in [1.807, 2.05) is 4.90 Å². The predicted molar refractivity (Wildman–Crippen MR) is 87.9 cm³/mol. The van der Waals surface area contributed by atoms with Gasteiger partial charge in [-0.05, 0) is 51.4 Å². The number of nitrogens with one attached hydrogen (secondary N) is 1. The molecule has 1 N–H and O–H groups in total. The van der Waals surface area contributed by atoms with Gasteiger partial charge in [-0.15, -0.1) is 0 Å². The van der Waals surface area contributed by atoms with Gasteiger partial charge < -0.3 is 15.0 Å². The number of carbonyl (C=O) groups is 2. The summed E-state index contributed by atoms with van der Waals surface area (Å²) in [6.07, 6.45) is 8.87. The third-order valence-electron chi connectivity index (χ3n) is 5.44. The van der Waals surface area contributed by atoms with Crippen molar-refractivity contribution in [2.75, 3.05) is 19.7 Å². The Labute approximate surface area is 139 Å². The van der Waals surface area contributed by atoms with Crippen molar-refractivity contribution in [1.82, 2.24) is 10.2 Å². The molecule has 0 spiro atoms. The minimum absolute atomic E-state index is 0.0260. The van der Waals surface area contributed by atoms with Crippen LogP contribution >= 0.6 is 0 Å². The third kappa shape index (κ3) is 3.70. The molecule has 1 atom stereocenters. The van der Waals surface area contributed by atoms with Gasteiger partial charge in [0.2, 0.25) is 11.8 Å². The molecule has 5 nitrogen and oxygen atoms in total. The van der Waals surface area contributed by atoms with Gasteiger partial charge in [0.15, 0.2) is 0 Å². The number of ether oxygens (including phenoxy) is 1. The van der Waals surface area contributed by atoms with E-state index in [4.69, 9.17) is 4.74 Å². The van der Waals surface area contributed by atoms with E-state index >= 15 is 0 Å². The molecule has 0 aromatic rings. The first-order valence-electron chi connectivity index (χ1n) is 9.37. The average Bonchev–Trinajstić information content (AvgIpc) is 3.30. The van der Waals surface area contributed by atoms with Crippen molar-refractivity contribution in [3.63, 3.8) is 0 Å². The van der Waals surface area contributed by atoms with E-state index in [0.29, 0.717) is 25.4 Å². The number of hydrogen-bond acceptors (Lipinski definition) is 3. The molecular weight excluding hydrogens is 292 g/mol. The molecule has 3 aliphatic rings. The summed E-state index contributed by atoms with van der Waals surface area (Å²) in [5.74, 6) is 0.0137. The number of rotatable bonds is 7. The van der Waals surface area contributed by atoms with Crippen LogP contribution in [0.15, 0.2) is 0 Å². The second-order valence-corrected chi connectivity index (χ2v) is 7.42. The fourth-order valence-corrected chi connectivity index (χ4v) is 3.67. The molecule has 0 bridgehead atoms. The van der Waals surface area contributed by atoms with Crippen molar-refractivity contribution >= 4 is 11.8 Å². The maximum Gasteiger partial charge on any atom is 0.238 e. The summed E-state index contributed by atoms with van der Waals surface area (Å²) < 4.78 is 5.81. The predicted octanol–water partition coefficient (Wildman–Crippen LogP) is 2.24. The minimum atomic E-state index is -0.785. The standard InChI is InChI=1S/C18H30N2O3/c1-2-11-20(13-15-6-3-4-12-23-15)17(22)18(9-5-10-18)16(21)19-14-7-8-14/h14-15H,2-13H2,1H3,(H,19,21). The van der Waals surface area contributed by atoms with Gasteiger partial charge in [-0.2, -0.15) is 0 Å². The highest BCUT2D eigenvalue weighted by Gasteiger charge is 2.53. The molecule has 1 aliphatic heterocycles. The van der Waals surface area contributed by atoms with Crippen LogP contribution in [-0.4, -0.2) is 48.6 Å². The van der Waals surface area contributed by atoms with Gasteiger partial charge in [-0.1, -0.05) is 13.3 Å². The molecule has 130 valence electrons. The normalized spacial score (nSPS) is 26.2. The van der Waals surface area contributed by atoms with Gasteiger partial charge in [-0.25, -0.2) is 0 Å². The Kier molecular flexibility index (Phi) is 5.24. The number of hydrogen-bond donors (Lipinski definition) is 1. The summed E-state index contributed by atoms with van der Waals surface area (Å²) in [5, 5.41) is 3.06. The quantitative estimate of drug-likeness (QED) is 0.731.